The summed E-state index contributed by atoms with van der Waals surface area (Å²) in [5.41, 5.74) is 1.69. The van der Waals surface area contributed by atoms with Crippen molar-refractivity contribution in [3.8, 4) is 11.5 Å². The van der Waals surface area contributed by atoms with E-state index in [4.69, 9.17) is 9.47 Å². The monoisotopic (exact) mass is 442 g/mol. The van der Waals surface area contributed by atoms with E-state index in [1.165, 1.54) is 12.1 Å². The fourth-order valence-corrected chi connectivity index (χ4v) is 3.16. The first-order valence-corrected chi connectivity index (χ1v) is 11.1. The number of nitrogens with zero attached hydrogens (tertiary/aromatic N) is 1. The Morgan fingerprint density at radius 2 is 1.91 bits per heavy atom. The summed E-state index contributed by atoms with van der Waals surface area (Å²) in [5.74, 6) is 1.67. The SMILES string of the molecule is CCCNC(=O)CCN=C(NCCc1cccc(F)c1)Nc1ccc2c(c1)OCCCO2. The van der Waals surface area contributed by atoms with Gasteiger partial charge in [-0.3, -0.25) is 9.79 Å². The number of hydrogen-bond acceptors (Lipinski definition) is 4. The summed E-state index contributed by atoms with van der Waals surface area (Å²) in [6.45, 7) is 4.82. The van der Waals surface area contributed by atoms with E-state index in [1.807, 2.05) is 31.2 Å². The summed E-state index contributed by atoms with van der Waals surface area (Å²) < 4.78 is 24.9. The fraction of sp³-hybridized carbons (Fsp3) is 0.417. The second-order valence-corrected chi connectivity index (χ2v) is 7.47. The first kappa shape index (κ1) is 23.4. The van der Waals surface area contributed by atoms with Gasteiger partial charge >= 0.3 is 0 Å². The molecule has 2 aromatic carbocycles. The van der Waals surface area contributed by atoms with Crippen LogP contribution < -0.4 is 25.4 Å². The zero-order chi connectivity index (χ0) is 22.6. The van der Waals surface area contributed by atoms with Crippen LogP contribution in [0.3, 0.4) is 0 Å². The molecule has 0 bridgehead atoms. The molecule has 7 nitrogen and oxygen atoms in total. The van der Waals surface area contributed by atoms with Gasteiger partial charge in [-0.15, -0.1) is 0 Å². The lowest BCUT2D eigenvalue weighted by atomic mass is 10.1. The molecule has 1 aliphatic rings. The summed E-state index contributed by atoms with van der Waals surface area (Å²) in [4.78, 5) is 16.4. The molecule has 0 saturated carbocycles. The molecular weight excluding hydrogens is 411 g/mol. The van der Waals surface area contributed by atoms with Crippen LogP contribution in [-0.2, 0) is 11.2 Å². The highest BCUT2D eigenvalue weighted by molar-refractivity contribution is 5.94. The molecule has 3 N–H and O–H groups in total. The van der Waals surface area contributed by atoms with Crippen LogP contribution in [0, 0.1) is 5.82 Å². The number of rotatable bonds is 9. The number of nitrogens with one attached hydrogen (secondary N) is 3. The first-order valence-electron chi connectivity index (χ1n) is 11.1. The average Bonchev–Trinajstić information content (AvgIpc) is 3.02. The molecule has 172 valence electrons. The quantitative estimate of drug-likeness (QED) is 0.409. The summed E-state index contributed by atoms with van der Waals surface area (Å²) >= 11 is 0. The topological polar surface area (TPSA) is 84.0 Å². The Labute approximate surface area is 188 Å². The number of hydrogen-bond donors (Lipinski definition) is 3. The predicted molar refractivity (Wildman–Crippen MR) is 124 cm³/mol. The molecule has 1 aliphatic heterocycles. The third-order valence-corrected chi connectivity index (χ3v) is 4.79. The van der Waals surface area contributed by atoms with E-state index in [2.05, 4.69) is 20.9 Å². The maximum Gasteiger partial charge on any atom is 0.221 e. The van der Waals surface area contributed by atoms with Crippen molar-refractivity contribution >= 4 is 17.6 Å². The average molecular weight is 443 g/mol. The molecule has 0 unspecified atom stereocenters. The van der Waals surface area contributed by atoms with E-state index in [-0.39, 0.29) is 11.7 Å². The van der Waals surface area contributed by atoms with E-state index in [1.54, 1.807) is 6.07 Å². The third-order valence-electron chi connectivity index (χ3n) is 4.79. The lowest BCUT2D eigenvalue weighted by Gasteiger charge is -2.15. The standard InChI is InChI=1S/C24H31FN4O3/c1-2-11-26-23(30)10-13-28-24(27-12-9-18-5-3-6-19(25)16-18)29-20-7-8-21-22(17-20)32-15-4-14-31-21/h3,5-8,16-17H,2,4,9-15H2,1H3,(H,26,30)(H2,27,28,29). The van der Waals surface area contributed by atoms with Crippen LogP contribution in [-0.4, -0.2) is 44.7 Å². The van der Waals surface area contributed by atoms with Gasteiger partial charge < -0.3 is 25.4 Å². The normalized spacial score (nSPS) is 13.2. The molecule has 1 amide bonds. The number of anilines is 1. The molecule has 0 radical (unpaired) electrons. The minimum Gasteiger partial charge on any atom is -0.490 e. The zero-order valence-corrected chi connectivity index (χ0v) is 18.5. The number of halogens is 1. The minimum atomic E-state index is -0.250. The molecule has 3 rings (SSSR count). The van der Waals surface area contributed by atoms with Crippen molar-refractivity contribution in [2.45, 2.75) is 32.6 Å². The Morgan fingerprint density at radius 1 is 1.06 bits per heavy atom. The number of benzene rings is 2. The van der Waals surface area contributed by atoms with Gasteiger partial charge in [0.05, 0.1) is 19.8 Å². The molecule has 0 atom stereocenters. The van der Waals surface area contributed by atoms with Crippen molar-refractivity contribution in [2.24, 2.45) is 4.99 Å². The van der Waals surface area contributed by atoms with Crippen molar-refractivity contribution < 1.29 is 18.7 Å². The minimum absolute atomic E-state index is 0.0229. The van der Waals surface area contributed by atoms with Gasteiger partial charge in [-0.2, -0.15) is 0 Å². The Bertz CT molecular complexity index is 920. The Kier molecular flexibility index (Phi) is 9.16. The van der Waals surface area contributed by atoms with E-state index in [0.29, 0.717) is 57.4 Å². The molecule has 2 aromatic rings. The van der Waals surface area contributed by atoms with Crippen molar-refractivity contribution in [1.29, 1.82) is 0 Å². The van der Waals surface area contributed by atoms with Gasteiger partial charge in [-0.1, -0.05) is 19.1 Å². The maximum absolute atomic E-state index is 13.4. The van der Waals surface area contributed by atoms with Crippen LogP contribution in [0.4, 0.5) is 10.1 Å². The number of aliphatic imine (C=N–C) groups is 1. The van der Waals surface area contributed by atoms with Crippen LogP contribution in [0.15, 0.2) is 47.5 Å². The summed E-state index contributed by atoms with van der Waals surface area (Å²) in [7, 11) is 0. The molecule has 0 aromatic heterocycles. The van der Waals surface area contributed by atoms with Crippen LogP contribution >= 0.6 is 0 Å². The largest absolute Gasteiger partial charge is 0.490 e. The van der Waals surface area contributed by atoms with Crippen molar-refractivity contribution in [3.05, 3.63) is 53.8 Å². The van der Waals surface area contributed by atoms with Crippen molar-refractivity contribution in [2.75, 3.05) is 38.2 Å². The van der Waals surface area contributed by atoms with Gasteiger partial charge in [-0.25, -0.2) is 4.39 Å². The van der Waals surface area contributed by atoms with Crippen LogP contribution in [0.1, 0.15) is 31.7 Å². The van der Waals surface area contributed by atoms with Gasteiger partial charge in [0.1, 0.15) is 5.82 Å². The Balaban J connectivity index is 1.63. The zero-order valence-electron chi connectivity index (χ0n) is 18.5. The smallest absolute Gasteiger partial charge is 0.221 e. The molecular formula is C24H31FN4O3. The van der Waals surface area contributed by atoms with Gasteiger partial charge in [0.25, 0.3) is 0 Å². The third kappa shape index (κ3) is 7.76. The van der Waals surface area contributed by atoms with E-state index < -0.39 is 0 Å². The van der Waals surface area contributed by atoms with E-state index >= 15 is 0 Å². The summed E-state index contributed by atoms with van der Waals surface area (Å²) in [5, 5.41) is 9.37. The predicted octanol–water partition coefficient (Wildman–Crippen LogP) is 3.50. The summed E-state index contributed by atoms with van der Waals surface area (Å²) in [6, 6.07) is 12.2. The second kappa shape index (κ2) is 12.5. The van der Waals surface area contributed by atoms with E-state index in [0.717, 1.165) is 29.8 Å². The molecule has 8 heteroatoms. The fourth-order valence-electron chi connectivity index (χ4n) is 3.16. The van der Waals surface area contributed by atoms with Crippen LogP contribution in [0.2, 0.25) is 0 Å². The van der Waals surface area contributed by atoms with Crippen LogP contribution in [0.5, 0.6) is 11.5 Å². The van der Waals surface area contributed by atoms with Crippen molar-refractivity contribution in [1.82, 2.24) is 10.6 Å². The molecule has 0 saturated heterocycles. The number of amides is 1. The first-order chi connectivity index (χ1) is 15.6. The molecule has 32 heavy (non-hydrogen) atoms. The highest BCUT2D eigenvalue weighted by Crippen LogP contribution is 2.32. The van der Waals surface area contributed by atoms with Crippen molar-refractivity contribution in [3.63, 3.8) is 0 Å². The molecule has 1 heterocycles. The number of carbonyl (C=O) groups is 1. The molecule has 0 spiro atoms. The Morgan fingerprint density at radius 3 is 2.72 bits per heavy atom. The van der Waals surface area contributed by atoms with Gasteiger partial charge in [0, 0.05) is 37.7 Å². The molecule has 0 aliphatic carbocycles. The summed E-state index contributed by atoms with van der Waals surface area (Å²) in [6.07, 6.45) is 2.67. The highest BCUT2D eigenvalue weighted by atomic mass is 19.1. The number of fused-ring (bicyclic) bond motifs is 1. The van der Waals surface area contributed by atoms with Gasteiger partial charge in [0.15, 0.2) is 17.5 Å². The lowest BCUT2D eigenvalue weighted by Crippen LogP contribution is -2.33. The number of ether oxygens (including phenoxy) is 2. The maximum atomic E-state index is 13.4. The second-order valence-electron chi connectivity index (χ2n) is 7.47. The molecule has 0 fully saturated rings. The number of carbonyl (C=O) groups excluding carboxylic acids is 1. The lowest BCUT2D eigenvalue weighted by molar-refractivity contribution is -0.120. The van der Waals surface area contributed by atoms with Gasteiger partial charge in [-0.05, 0) is 42.7 Å². The van der Waals surface area contributed by atoms with E-state index in [9.17, 15) is 9.18 Å². The van der Waals surface area contributed by atoms with Gasteiger partial charge in [0.2, 0.25) is 5.91 Å². The Hall–Kier alpha value is -3.29. The number of guanidine groups is 1. The van der Waals surface area contributed by atoms with Crippen LogP contribution in [0.25, 0.3) is 0 Å². The highest BCUT2D eigenvalue weighted by Gasteiger charge is 2.11.